The van der Waals surface area contributed by atoms with E-state index in [9.17, 15) is 0 Å². The molecule has 0 saturated heterocycles. The Morgan fingerprint density at radius 2 is 1.93 bits per heavy atom. The standard InChI is InChI=1S/C13H19ClO/c1-4-11(5-2)9-15-12-6-7-13(14)10(3)8-12/h6-8,11H,4-5,9H2,1-3H3. The Labute approximate surface area is 97.4 Å². The van der Waals surface area contributed by atoms with Gasteiger partial charge < -0.3 is 4.74 Å². The molecule has 0 heterocycles. The molecule has 0 aliphatic rings. The average molecular weight is 227 g/mol. The summed E-state index contributed by atoms with van der Waals surface area (Å²) >= 11 is 5.94. The molecule has 1 nitrogen and oxygen atoms in total. The van der Waals surface area contributed by atoms with E-state index in [1.54, 1.807) is 0 Å². The highest BCUT2D eigenvalue weighted by molar-refractivity contribution is 6.31. The maximum atomic E-state index is 5.94. The Balaban J connectivity index is 2.54. The van der Waals surface area contributed by atoms with Crippen LogP contribution in [0.25, 0.3) is 0 Å². The van der Waals surface area contributed by atoms with Crippen molar-refractivity contribution >= 4 is 11.6 Å². The molecule has 0 atom stereocenters. The Bertz CT molecular complexity index is 305. The lowest BCUT2D eigenvalue weighted by Crippen LogP contribution is -2.10. The molecule has 0 bridgehead atoms. The summed E-state index contributed by atoms with van der Waals surface area (Å²) in [6.45, 7) is 7.19. The van der Waals surface area contributed by atoms with Gasteiger partial charge in [-0.15, -0.1) is 0 Å². The van der Waals surface area contributed by atoms with E-state index in [2.05, 4.69) is 13.8 Å². The summed E-state index contributed by atoms with van der Waals surface area (Å²) in [4.78, 5) is 0. The summed E-state index contributed by atoms with van der Waals surface area (Å²) < 4.78 is 5.73. The summed E-state index contributed by atoms with van der Waals surface area (Å²) in [5, 5.41) is 0.796. The molecule has 0 fully saturated rings. The van der Waals surface area contributed by atoms with Crippen molar-refractivity contribution in [2.24, 2.45) is 5.92 Å². The van der Waals surface area contributed by atoms with Gasteiger partial charge in [0.25, 0.3) is 0 Å². The largest absolute Gasteiger partial charge is 0.493 e. The predicted molar refractivity (Wildman–Crippen MR) is 65.8 cm³/mol. The highest BCUT2D eigenvalue weighted by Gasteiger charge is 2.05. The topological polar surface area (TPSA) is 9.23 Å². The average Bonchev–Trinajstić information content (AvgIpc) is 2.24. The van der Waals surface area contributed by atoms with Gasteiger partial charge in [-0.2, -0.15) is 0 Å². The molecular formula is C13H19ClO. The minimum atomic E-state index is 0.654. The molecule has 0 aliphatic heterocycles. The summed E-state index contributed by atoms with van der Waals surface area (Å²) in [6.07, 6.45) is 2.34. The van der Waals surface area contributed by atoms with E-state index in [4.69, 9.17) is 16.3 Å². The molecule has 15 heavy (non-hydrogen) atoms. The van der Waals surface area contributed by atoms with E-state index in [-0.39, 0.29) is 0 Å². The van der Waals surface area contributed by atoms with Gasteiger partial charge in [0.05, 0.1) is 6.61 Å². The fourth-order valence-corrected chi connectivity index (χ4v) is 1.56. The van der Waals surface area contributed by atoms with Gasteiger partial charge in [-0.05, 0) is 36.6 Å². The molecule has 0 saturated carbocycles. The van der Waals surface area contributed by atoms with Crippen molar-refractivity contribution in [2.45, 2.75) is 33.6 Å². The second-order valence-corrected chi connectivity index (χ2v) is 4.31. The first-order chi connectivity index (χ1) is 7.17. The van der Waals surface area contributed by atoms with Gasteiger partial charge in [-0.3, -0.25) is 0 Å². The number of ether oxygens (including phenoxy) is 1. The van der Waals surface area contributed by atoms with Crippen LogP contribution in [0.1, 0.15) is 32.3 Å². The molecule has 2 heteroatoms. The summed E-state index contributed by atoms with van der Waals surface area (Å²) in [5.74, 6) is 1.57. The first kappa shape index (κ1) is 12.4. The van der Waals surface area contributed by atoms with Crippen LogP contribution in [0.4, 0.5) is 0 Å². The fourth-order valence-electron chi connectivity index (χ4n) is 1.45. The Morgan fingerprint density at radius 1 is 1.27 bits per heavy atom. The maximum Gasteiger partial charge on any atom is 0.119 e. The van der Waals surface area contributed by atoms with Crippen molar-refractivity contribution in [3.63, 3.8) is 0 Å². The Kier molecular flexibility index (Phi) is 4.97. The molecule has 0 unspecified atom stereocenters. The summed E-state index contributed by atoms with van der Waals surface area (Å²) in [6, 6.07) is 5.81. The quantitative estimate of drug-likeness (QED) is 0.720. The van der Waals surface area contributed by atoms with E-state index in [0.29, 0.717) is 5.92 Å². The number of aryl methyl sites for hydroxylation is 1. The number of rotatable bonds is 5. The van der Waals surface area contributed by atoms with Crippen molar-refractivity contribution in [1.29, 1.82) is 0 Å². The van der Waals surface area contributed by atoms with Gasteiger partial charge in [0.1, 0.15) is 5.75 Å². The van der Waals surface area contributed by atoms with Crippen LogP contribution in [0.5, 0.6) is 5.75 Å². The van der Waals surface area contributed by atoms with E-state index in [1.165, 1.54) is 12.8 Å². The fraction of sp³-hybridized carbons (Fsp3) is 0.538. The highest BCUT2D eigenvalue weighted by Crippen LogP contribution is 2.22. The number of hydrogen-bond donors (Lipinski definition) is 0. The van der Waals surface area contributed by atoms with Crippen LogP contribution in [0.2, 0.25) is 5.02 Å². The third-order valence-corrected chi connectivity index (χ3v) is 3.19. The van der Waals surface area contributed by atoms with Gasteiger partial charge in [0, 0.05) is 5.02 Å². The van der Waals surface area contributed by atoms with E-state index < -0.39 is 0 Å². The van der Waals surface area contributed by atoms with Crippen LogP contribution in [-0.4, -0.2) is 6.61 Å². The third-order valence-electron chi connectivity index (χ3n) is 2.77. The van der Waals surface area contributed by atoms with Crippen LogP contribution in [0, 0.1) is 12.8 Å². The van der Waals surface area contributed by atoms with Gasteiger partial charge in [-0.1, -0.05) is 38.3 Å². The van der Waals surface area contributed by atoms with Crippen LogP contribution < -0.4 is 4.74 Å². The van der Waals surface area contributed by atoms with Crippen molar-refractivity contribution in [3.8, 4) is 5.75 Å². The molecule has 1 aromatic rings. The van der Waals surface area contributed by atoms with Crippen molar-refractivity contribution in [2.75, 3.05) is 6.61 Å². The van der Waals surface area contributed by atoms with Crippen LogP contribution >= 0.6 is 11.6 Å². The predicted octanol–water partition coefficient (Wildman–Crippen LogP) is 4.46. The smallest absolute Gasteiger partial charge is 0.119 e. The maximum absolute atomic E-state index is 5.94. The zero-order valence-electron chi connectivity index (χ0n) is 9.72. The zero-order valence-corrected chi connectivity index (χ0v) is 10.5. The number of halogens is 1. The minimum absolute atomic E-state index is 0.654. The number of hydrogen-bond acceptors (Lipinski definition) is 1. The highest BCUT2D eigenvalue weighted by atomic mass is 35.5. The molecule has 0 amide bonds. The molecule has 0 spiro atoms. The lowest BCUT2D eigenvalue weighted by Gasteiger charge is -2.14. The summed E-state index contributed by atoms with van der Waals surface area (Å²) in [7, 11) is 0. The lowest BCUT2D eigenvalue weighted by atomic mass is 10.1. The molecule has 84 valence electrons. The Hall–Kier alpha value is -0.690. The first-order valence-electron chi connectivity index (χ1n) is 5.56. The SMILES string of the molecule is CCC(CC)COc1ccc(Cl)c(C)c1. The van der Waals surface area contributed by atoms with Crippen molar-refractivity contribution < 1.29 is 4.74 Å². The molecule has 1 rings (SSSR count). The summed E-state index contributed by atoms with van der Waals surface area (Å²) in [5.41, 5.74) is 1.07. The van der Waals surface area contributed by atoms with Crippen LogP contribution in [0.3, 0.4) is 0 Å². The third kappa shape index (κ3) is 3.75. The van der Waals surface area contributed by atoms with Gasteiger partial charge >= 0.3 is 0 Å². The lowest BCUT2D eigenvalue weighted by molar-refractivity contribution is 0.240. The molecule has 0 aliphatic carbocycles. The molecule has 0 radical (unpaired) electrons. The van der Waals surface area contributed by atoms with Crippen LogP contribution in [-0.2, 0) is 0 Å². The van der Waals surface area contributed by atoms with Gasteiger partial charge in [-0.25, -0.2) is 0 Å². The van der Waals surface area contributed by atoms with Gasteiger partial charge in [0.15, 0.2) is 0 Å². The molecular weight excluding hydrogens is 208 g/mol. The van der Waals surface area contributed by atoms with Crippen molar-refractivity contribution in [3.05, 3.63) is 28.8 Å². The zero-order chi connectivity index (χ0) is 11.3. The molecule has 1 aromatic carbocycles. The van der Waals surface area contributed by atoms with E-state index in [0.717, 1.165) is 22.9 Å². The van der Waals surface area contributed by atoms with Crippen molar-refractivity contribution in [1.82, 2.24) is 0 Å². The van der Waals surface area contributed by atoms with E-state index >= 15 is 0 Å². The van der Waals surface area contributed by atoms with Crippen LogP contribution in [0.15, 0.2) is 18.2 Å². The second-order valence-electron chi connectivity index (χ2n) is 3.90. The monoisotopic (exact) mass is 226 g/mol. The normalized spacial score (nSPS) is 10.7. The first-order valence-corrected chi connectivity index (χ1v) is 5.94. The second kappa shape index (κ2) is 6.02. The minimum Gasteiger partial charge on any atom is -0.493 e. The Morgan fingerprint density at radius 3 is 2.47 bits per heavy atom. The van der Waals surface area contributed by atoms with Gasteiger partial charge in [0.2, 0.25) is 0 Å². The van der Waals surface area contributed by atoms with E-state index in [1.807, 2.05) is 25.1 Å². The molecule has 0 aromatic heterocycles. The molecule has 0 N–H and O–H groups in total. The number of benzene rings is 1.